The molecule has 2 saturated carbocycles. The van der Waals surface area contributed by atoms with E-state index >= 15 is 0 Å². The highest BCUT2D eigenvalue weighted by atomic mass is 16.5. The van der Waals surface area contributed by atoms with Gasteiger partial charge in [-0.25, -0.2) is 0 Å². The minimum atomic E-state index is -0.140. The van der Waals surface area contributed by atoms with Crippen molar-refractivity contribution in [2.45, 2.75) is 89.8 Å². The van der Waals surface area contributed by atoms with Crippen molar-refractivity contribution < 1.29 is 24.4 Å². The average molecular weight is 551 g/mol. The summed E-state index contributed by atoms with van der Waals surface area (Å²) in [5.41, 5.74) is 4.12. The molecule has 2 N–H and O–H groups in total. The topological polar surface area (TPSA) is 68.2 Å². The molecule has 0 heterocycles. The molecule has 2 fully saturated rings. The Morgan fingerprint density at radius 2 is 1.57 bits per heavy atom. The number of phenolic OH excluding ortho intramolecular Hbond substituents is 1. The molecule has 5 nitrogen and oxygen atoms in total. The lowest BCUT2D eigenvalue weighted by molar-refractivity contribution is -0.0396. The molecule has 40 heavy (non-hydrogen) atoms. The number of rotatable bonds is 15. The van der Waals surface area contributed by atoms with Gasteiger partial charge in [-0.15, -0.1) is 0 Å². The van der Waals surface area contributed by atoms with Crippen LogP contribution in [0, 0.1) is 23.2 Å². The number of benzene rings is 2. The summed E-state index contributed by atoms with van der Waals surface area (Å²) in [7, 11) is 0. The molecule has 0 unspecified atom stereocenters. The first-order valence-electron chi connectivity index (χ1n) is 15.8. The average Bonchev–Trinajstić information content (AvgIpc) is 3.27. The smallest absolute Gasteiger partial charge is 0.115 e. The number of aliphatic hydroxyl groups excluding tert-OH is 1. The largest absolute Gasteiger partial charge is 0.508 e. The van der Waals surface area contributed by atoms with Crippen molar-refractivity contribution >= 4 is 0 Å². The number of aliphatic hydroxyl groups is 1. The first-order chi connectivity index (χ1) is 19.6. The number of ether oxygens (including phenoxy) is 3. The van der Waals surface area contributed by atoms with E-state index in [0.29, 0.717) is 62.5 Å². The Bertz CT molecular complexity index is 1040. The van der Waals surface area contributed by atoms with Crippen molar-refractivity contribution in [2.75, 3.05) is 33.0 Å². The summed E-state index contributed by atoms with van der Waals surface area (Å²) in [5, 5.41) is 21.0. The monoisotopic (exact) mass is 550 g/mol. The number of hydrogen-bond acceptors (Lipinski definition) is 5. The zero-order chi connectivity index (χ0) is 27.8. The van der Waals surface area contributed by atoms with Gasteiger partial charge in [-0.05, 0) is 103 Å². The number of aromatic hydroxyl groups is 1. The molecule has 0 spiro atoms. The van der Waals surface area contributed by atoms with Gasteiger partial charge in [-0.2, -0.15) is 0 Å². The molecular formula is C35H50O5. The lowest BCUT2D eigenvalue weighted by Gasteiger charge is -2.53. The number of phenols is 1. The Balaban J connectivity index is 0.969. The highest BCUT2D eigenvalue weighted by molar-refractivity contribution is 5.40. The fourth-order valence-corrected chi connectivity index (χ4v) is 8.20. The Morgan fingerprint density at radius 3 is 2.40 bits per heavy atom. The van der Waals surface area contributed by atoms with Crippen molar-refractivity contribution in [1.29, 1.82) is 0 Å². The fourth-order valence-electron chi connectivity index (χ4n) is 8.20. The highest BCUT2D eigenvalue weighted by Gasteiger charge is 2.56. The minimum Gasteiger partial charge on any atom is -0.508 e. The molecule has 6 atom stereocenters. The maximum atomic E-state index is 10.9. The summed E-state index contributed by atoms with van der Waals surface area (Å²) in [5.74, 6) is 2.93. The van der Waals surface area contributed by atoms with E-state index in [2.05, 4.69) is 25.1 Å². The molecule has 0 amide bonds. The van der Waals surface area contributed by atoms with Gasteiger partial charge >= 0.3 is 0 Å². The van der Waals surface area contributed by atoms with E-state index in [4.69, 9.17) is 14.2 Å². The maximum absolute atomic E-state index is 10.9. The molecule has 0 aliphatic heterocycles. The molecule has 2 aromatic carbocycles. The lowest BCUT2D eigenvalue weighted by atomic mass is 9.52. The summed E-state index contributed by atoms with van der Waals surface area (Å²) in [6.45, 7) is 6.25. The molecule has 220 valence electrons. The van der Waals surface area contributed by atoms with Crippen LogP contribution in [0.25, 0.3) is 0 Å². The molecule has 0 saturated heterocycles. The second kappa shape index (κ2) is 14.3. The third-order valence-electron chi connectivity index (χ3n) is 10.3. The SMILES string of the molecule is C[C@]12CC[C@@H]3c4ccc(O)cc4C[C@@H](CCCCCCOCCOCCOCc4ccccc4)[C@H]3[C@@H]1CC[C@@H]2O. The predicted octanol–water partition coefficient (Wildman–Crippen LogP) is 7.04. The van der Waals surface area contributed by atoms with E-state index < -0.39 is 0 Å². The Hall–Kier alpha value is -1.92. The second-order valence-corrected chi connectivity index (χ2v) is 12.7. The number of fused-ring (bicyclic) bond motifs is 5. The van der Waals surface area contributed by atoms with Crippen molar-refractivity contribution in [1.82, 2.24) is 0 Å². The van der Waals surface area contributed by atoms with Crippen LogP contribution in [0.3, 0.4) is 0 Å². The Kier molecular flexibility index (Phi) is 10.6. The first kappa shape index (κ1) is 29.6. The normalized spacial score (nSPS) is 29.1. The standard InChI is InChI=1S/C35H50O5/c1-35-17-16-31-30-13-12-29(36)24-28(30)23-27(34(31)32(35)14-15-33(35)37)11-7-2-3-8-18-38-19-20-39-21-22-40-25-26-9-5-4-6-10-26/h4-6,9-10,12-13,24,27,31-34,36-37H,2-3,7-8,11,14-23,25H2,1H3/t27-,31-,32+,33+,34-,35+/m1/s1. The molecule has 3 aliphatic rings. The van der Waals surface area contributed by atoms with Gasteiger partial charge in [0.2, 0.25) is 0 Å². The summed E-state index contributed by atoms with van der Waals surface area (Å²) < 4.78 is 17.0. The van der Waals surface area contributed by atoms with Crippen LogP contribution in [-0.2, 0) is 27.2 Å². The Morgan fingerprint density at radius 1 is 0.825 bits per heavy atom. The summed E-state index contributed by atoms with van der Waals surface area (Å²) in [4.78, 5) is 0. The van der Waals surface area contributed by atoms with Gasteiger partial charge in [0.1, 0.15) is 5.75 Å². The van der Waals surface area contributed by atoms with E-state index in [9.17, 15) is 10.2 Å². The van der Waals surface area contributed by atoms with Crippen LogP contribution in [0.4, 0.5) is 0 Å². The lowest BCUT2D eigenvalue weighted by Crippen LogP contribution is -2.47. The van der Waals surface area contributed by atoms with Crippen LogP contribution in [0.2, 0.25) is 0 Å². The van der Waals surface area contributed by atoms with Gasteiger partial charge in [0.25, 0.3) is 0 Å². The van der Waals surface area contributed by atoms with Gasteiger partial charge < -0.3 is 24.4 Å². The van der Waals surface area contributed by atoms with E-state index in [1.165, 1.54) is 55.2 Å². The van der Waals surface area contributed by atoms with Crippen LogP contribution < -0.4 is 0 Å². The van der Waals surface area contributed by atoms with Crippen molar-refractivity contribution in [3.63, 3.8) is 0 Å². The highest BCUT2D eigenvalue weighted by Crippen LogP contribution is 2.62. The third-order valence-corrected chi connectivity index (χ3v) is 10.3. The van der Waals surface area contributed by atoms with Gasteiger partial charge in [0, 0.05) is 6.61 Å². The minimum absolute atomic E-state index is 0.0874. The molecule has 5 heteroatoms. The van der Waals surface area contributed by atoms with Crippen molar-refractivity contribution in [3.8, 4) is 5.75 Å². The Labute approximate surface area is 241 Å². The number of unbranched alkanes of at least 4 members (excludes halogenated alkanes) is 3. The van der Waals surface area contributed by atoms with Gasteiger partial charge in [0.15, 0.2) is 0 Å². The van der Waals surface area contributed by atoms with Crippen LogP contribution in [0.5, 0.6) is 5.75 Å². The van der Waals surface area contributed by atoms with Gasteiger partial charge in [-0.1, -0.05) is 62.6 Å². The molecule has 0 aromatic heterocycles. The van der Waals surface area contributed by atoms with E-state index in [1.807, 2.05) is 30.3 Å². The molecule has 2 aromatic rings. The van der Waals surface area contributed by atoms with Crippen LogP contribution >= 0.6 is 0 Å². The molecule has 5 rings (SSSR count). The summed E-state index contributed by atoms with van der Waals surface area (Å²) >= 11 is 0. The summed E-state index contributed by atoms with van der Waals surface area (Å²) in [6.07, 6.45) is 11.4. The van der Waals surface area contributed by atoms with Crippen LogP contribution in [0.1, 0.15) is 87.3 Å². The quantitative estimate of drug-likeness (QED) is 0.233. The molecule has 0 radical (unpaired) electrons. The zero-order valence-electron chi connectivity index (χ0n) is 24.4. The van der Waals surface area contributed by atoms with E-state index in [0.717, 1.165) is 32.3 Å². The van der Waals surface area contributed by atoms with Crippen molar-refractivity contribution in [3.05, 3.63) is 65.2 Å². The van der Waals surface area contributed by atoms with Crippen LogP contribution in [-0.4, -0.2) is 49.4 Å². The predicted molar refractivity (Wildman–Crippen MR) is 158 cm³/mol. The maximum Gasteiger partial charge on any atom is 0.115 e. The fraction of sp³-hybridized carbons (Fsp3) is 0.657. The van der Waals surface area contributed by atoms with Crippen LogP contribution in [0.15, 0.2) is 48.5 Å². The second-order valence-electron chi connectivity index (χ2n) is 12.7. The van der Waals surface area contributed by atoms with Gasteiger partial charge in [-0.3, -0.25) is 0 Å². The van der Waals surface area contributed by atoms with E-state index in [-0.39, 0.29) is 11.5 Å². The summed E-state index contributed by atoms with van der Waals surface area (Å²) in [6, 6.07) is 16.3. The first-order valence-corrected chi connectivity index (χ1v) is 15.8. The third kappa shape index (κ3) is 7.10. The van der Waals surface area contributed by atoms with E-state index in [1.54, 1.807) is 0 Å². The zero-order valence-corrected chi connectivity index (χ0v) is 24.4. The number of hydrogen-bond donors (Lipinski definition) is 2. The molecular weight excluding hydrogens is 500 g/mol. The van der Waals surface area contributed by atoms with Crippen molar-refractivity contribution in [2.24, 2.45) is 23.2 Å². The molecule has 3 aliphatic carbocycles. The van der Waals surface area contributed by atoms with Gasteiger partial charge in [0.05, 0.1) is 39.1 Å². The molecule has 0 bridgehead atoms.